The maximum absolute atomic E-state index is 6.00. The van der Waals surface area contributed by atoms with Crippen molar-refractivity contribution in [1.82, 2.24) is 5.43 Å². The largest absolute Gasteiger partial charge is 0.496 e. The average molecular weight is 329 g/mol. The number of benzene rings is 2. The summed E-state index contributed by atoms with van der Waals surface area (Å²) in [5.41, 5.74) is 4.74. The summed E-state index contributed by atoms with van der Waals surface area (Å²) in [6.45, 7) is 0.735. The normalized spacial score (nSPS) is 10.3. The molecular weight excluding hydrogens is 312 g/mol. The van der Waals surface area contributed by atoms with Gasteiger partial charge in [-0.25, -0.2) is 0 Å². The third kappa shape index (κ3) is 4.94. The minimum atomic E-state index is 0.192. The molecule has 5 heteroatoms. The number of terminal acetylenes is 1. The van der Waals surface area contributed by atoms with Gasteiger partial charge in [-0.05, 0) is 24.3 Å². The first kappa shape index (κ1) is 16.7. The number of hydrogen-bond donors (Lipinski definition) is 1. The second kappa shape index (κ2) is 8.72. The van der Waals surface area contributed by atoms with E-state index in [9.17, 15) is 0 Å². The van der Waals surface area contributed by atoms with Crippen LogP contribution in [0.15, 0.2) is 47.6 Å². The molecule has 0 aliphatic heterocycles. The summed E-state index contributed by atoms with van der Waals surface area (Å²) in [5, 5.41) is 4.80. The number of para-hydroxylation sites is 1. The van der Waals surface area contributed by atoms with E-state index in [0.29, 0.717) is 17.3 Å². The van der Waals surface area contributed by atoms with Crippen LogP contribution in [0.25, 0.3) is 0 Å². The van der Waals surface area contributed by atoms with Gasteiger partial charge in [0.15, 0.2) is 0 Å². The Kier molecular flexibility index (Phi) is 6.34. The van der Waals surface area contributed by atoms with Crippen LogP contribution in [0.5, 0.6) is 11.5 Å². The number of ether oxygens (including phenoxy) is 2. The van der Waals surface area contributed by atoms with Gasteiger partial charge in [0.05, 0.1) is 19.9 Å². The highest BCUT2D eigenvalue weighted by atomic mass is 35.5. The van der Waals surface area contributed by atoms with Crippen LogP contribution in [0.2, 0.25) is 5.02 Å². The topological polar surface area (TPSA) is 42.8 Å². The van der Waals surface area contributed by atoms with Crippen molar-refractivity contribution in [2.24, 2.45) is 5.10 Å². The molecule has 1 N–H and O–H groups in total. The van der Waals surface area contributed by atoms with Crippen molar-refractivity contribution < 1.29 is 9.47 Å². The predicted molar refractivity (Wildman–Crippen MR) is 93.2 cm³/mol. The van der Waals surface area contributed by atoms with Gasteiger partial charge in [0.2, 0.25) is 0 Å². The van der Waals surface area contributed by atoms with Crippen molar-refractivity contribution in [3.8, 4) is 23.8 Å². The summed E-state index contributed by atoms with van der Waals surface area (Å²) in [7, 11) is 1.64. The molecular formula is C18H17ClN2O2. The molecule has 118 valence electrons. The molecule has 2 aromatic rings. The summed E-state index contributed by atoms with van der Waals surface area (Å²) in [6.07, 6.45) is 6.86. The number of hydrogen-bond acceptors (Lipinski definition) is 4. The molecule has 23 heavy (non-hydrogen) atoms. The second-order valence-corrected chi connectivity index (χ2v) is 5.02. The summed E-state index contributed by atoms with van der Waals surface area (Å²) in [6, 6.07) is 13.0. The van der Waals surface area contributed by atoms with E-state index in [-0.39, 0.29) is 6.61 Å². The maximum Gasteiger partial charge on any atom is 0.148 e. The number of nitrogens with one attached hydrogen (secondary N) is 1. The number of hydrazone groups is 1. The summed E-state index contributed by atoms with van der Waals surface area (Å²) in [5.74, 6) is 3.88. The van der Waals surface area contributed by atoms with E-state index in [1.165, 1.54) is 0 Å². The van der Waals surface area contributed by atoms with Gasteiger partial charge in [0, 0.05) is 16.1 Å². The van der Waals surface area contributed by atoms with Crippen molar-refractivity contribution >= 4 is 17.8 Å². The molecule has 0 fully saturated rings. The quantitative estimate of drug-likeness (QED) is 0.480. The smallest absolute Gasteiger partial charge is 0.148 e. The molecule has 0 radical (unpaired) electrons. The Morgan fingerprint density at radius 3 is 2.87 bits per heavy atom. The summed E-state index contributed by atoms with van der Waals surface area (Å²) >= 11 is 6.00. The van der Waals surface area contributed by atoms with Gasteiger partial charge in [-0.1, -0.05) is 35.7 Å². The zero-order valence-corrected chi connectivity index (χ0v) is 13.5. The van der Waals surface area contributed by atoms with E-state index < -0.39 is 0 Å². The monoisotopic (exact) mass is 328 g/mol. The predicted octanol–water partition coefficient (Wildman–Crippen LogP) is 3.48. The van der Waals surface area contributed by atoms with Gasteiger partial charge in [-0.2, -0.15) is 5.10 Å². The molecule has 2 rings (SSSR count). The minimum Gasteiger partial charge on any atom is -0.496 e. The Labute approximate surface area is 141 Å². The lowest BCUT2D eigenvalue weighted by Crippen LogP contribution is -2.07. The lowest BCUT2D eigenvalue weighted by molar-refractivity contribution is 0.370. The molecule has 0 aliphatic rings. The Hall–Kier alpha value is -2.64. The third-order valence-corrected chi connectivity index (χ3v) is 3.27. The van der Waals surface area contributed by atoms with Crippen molar-refractivity contribution in [2.75, 3.05) is 13.7 Å². The molecule has 0 unspecified atom stereocenters. The highest BCUT2D eigenvalue weighted by Crippen LogP contribution is 2.21. The van der Waals surface area contributed by atoms with Crippen molar-refractivity contribution in [3.63, 3.8) is 0 Å². The fourth-order valence-corrected chi connectivity index (χ4v) is 2.15. The Balaban J connectivity index is 2.03. The van der Waals surface area contributed by atoms with Gasteiger partial charge in [0.1, 0.15) is 18.1 Å². The highest BCUT2D eigenvalue weighted by molar-refractivity contribution is 6.30. The van der Waals surface area contributed by atoms with Crippen LogP contribution in [-0.2, 0) is 6.54 Å². The van der Waals surface area contributed by atoms with Gasteiger partial charge >= 0.3 is 0 Å². The molecule has 0 saturated heterocycles. The lowest BCUT2D eigenvalue weighted by Gasteiger charge is -2.08. The van der Waals surface area contributed by atoms with E-state index in [1.807, 2.05) is 24.3 Å². The lowest BCUT2D eigenvalue weighted by atomic mass is 10.2. The van der Waals surface area contributed by atoms with E-state index in [0.717, 1.165) is 16.9 Å². The fraction of sp³-hybridized carbons (Fsp3) is 0.167. The van der Waals surface area contributed by atoms with Crippen LogP contribution in [0.3, 0.4) is 0 Å². The molecule has 0 amide bonds. The van der Waals surface area contributed by atoms with Crippen molar-refractivity contribution in [3.05, 3.63) is 58.6 Å². The standard InChI is InChI=1S/C18H17ClN2O2/c1-3-10-23-18-9-8-16(19)11-15(18)13-21-20-12-14-6-4-5-7-17(14)22-2/h1,4-9,11,13,20H,10,12H2,2H3/b21-13+. The van der Waals surface area contributed by atoms with E-state index in [4.69, 9.17) is 27.5 Å². The average Bonchev–Trinajstić information content (AvgIpc) is 2.58. The number of methoxy groups -OCH3 is 1. The first-order valence-corrected chi connectivity index (χ1v) is 7.36. The molecule has 0 spiro atoms. The molecule has 4 nitrogen and oxygen atoms in total. The second-order valence-electron chi connectivity index (χ2n) is 4.58. The molecule has 0 bridgehead atoms. The van der Waals surface area contributed by atoms with E-state index in [2.05, 4.69) is 16.4 Å². The first-order valence-electron chi connectivity index (χ1n) is 6.98. The Morgan fingerprint density at radius 1 is 1.26 bits per heavy atom. The number of nitrogens with zero attached hydrogens (tertiary/aromatic N) is 1. The Bertz CT molecular complexity index is 723. The van der Waals surface area contributed by atoms with Crippen LogP contribution in [0.1, 0.15) is 11.1 Å². The fourth-order valence-electron chi connectivity index (χ4n) is 1.97. The summed E-state index contributed by atoms with van der Waals surface area (Å²) in [4.78, 5) is 0. The molecule has 0 heterocycles. The van der Waals surface area contributed by atoms with E-state index >= 15 is 0 Å². The highest BCUT2D eigenvalue weighted by Gasteiger charge is 2.03. The summed E-state index contributed by atoms with van der Waals surface area (Å²) < 4.78 is 10.8. The van der Waals surface area contributed by atoms with Gasteiger partial charge < -0.3 is 14.9 Å². The van der Waals surface area contributed by atoms with Crippen LogP contribution < -0.4 is 14.9 Å². The van der Waals surface area contributed by atoms with Crippen molar-refractivity contribution in [1.29, 1.82) is 0 Å². The van der Waals surface area contributed by atoms with Crippen LogP contribution >= 0.6 is 11.6 Å². The van der Waals surface area contributed by atoms with Gasteiger partial charge in [0.25, 0.3) is 0 Å². The minimum absolute atomic E-state index is 0.192. The van der Waals surface area contributed by atoms with E-state index in [1.54, 1.807) is 31.5 Å². The zero-order valence-electron chi connectivity index (χ0n) is 12.8. The van der Waals surface area contributed by atoms with Crippen LogP contribution in [-0.4, -0.2) is 19.9 Å². The molecule has 0 atom stereocenters. The van der Waals surface area contributed by atoms with Crippen LogP contribution in [0.4, 0.5) is 0 Å². The first-order chi connectivity index (χ1) is 11.2. The SMILES string of the molecule is C#CCOc1ccc(Cl)cc1/C=N/NCc1ccccc1OC. The Morgan fingerprint density at radius 2 is 2.09 bits per heavy atom. The number of halogens is 1. The number of rotatable bonds is 7. The third-order valence-electron chi connectivity index (χ3n) is 3.04. The zero-order chi connectivity index (χ0) is 16.5. The van der Waals surface area contributed by atoms with Crippen LogP contribution in [0, 0.1) is 12.3 Å². The molecule has 0 aromatic heterocycles. The van der Waals surface area contributed by atoms with Gasteiger partial charge in [-0.3, -0.25) is 0 Å². The maximum atomic E-state index is 6.00. The van der Waals surface area contributed by atoms with Gasteiger partial charge in [-0.15, -0.1) is 6.42 Å². The molecule has 0 aliphatic carbocycles. The molecule has 2 aromatic carbocycles. The van der Waals surface area contributed by atoms with Crippen molar-refractivity contribution in [2.45, 2.75) is 6.54 Å². The molecule has 0 saturated carbocycles.